The molecular formula is C35H33F5N6O4S. The standard InChI is InChI=1S/C35H33F5N6O4S/c1-5-24(47)46-12-9-23(17(46)2)50-32-20-13-21(35(38,39)40)25(19-7-8-22(36)30-26(19)29(42-3)31(41)51-30)27(37)28(20)43-33(44-32)49-16-34-10-6-11-45(34)15-18(14-34)48-4/h5,7-8,13,17-18,23H,1,6,9-12,14-16,41H2,2,4H3/t17-,18-,23-,34+/m1/s1. The minimum Gasteiger partial charge on any atom is -0.471 e. The number of rotatable bonds is 8. The normalized spacial score (nSPS) is 23.6. The third kappa shape index (κ3) is 5.81. The molecular weight excluding hydrogens is 695 g/mol. The van der Waals surface area contributed by atoms with Crippen molar-refractivity contribution < 1.29 is 41.0 Å². The molecule has 3 aliphatic heterocycles. The number of amides is 1. The van der Waals surface area contributed by atoms with Crippen LogP contribution in [0.15, 0.2) is 30.9 Å². The Bertz CT molecular complexity index is 2120. The number of fused-ring (bicyclic) bond motifs is 3. The molecule has 0 radical (unpaired) electrons. The van der Waals surface area contributed by atoms with Crippen molar-refractivity contribution >= 4 is 48.9 Å². The van der Waals surface area contributed by atoms with Gasteiger partial charge < -0.3 is 24.8 Å². The smallest absolute Gasteiger partial charge is 0.417 e. The van der Waals surface area contributed by atoms with Gasteiger partial charge in [-0.1, -0.05) is 12.6 Å². The summed E-state index contributed by atoms with van der Waals surface area (Å²) in [7, 11) is 1.64. The second kappa shape index (κ2) is 12.9. The maximum absolute atomic E-state index is 17.0. The van der Waals surface area contributed by atoms with E-state index in [0.717, 1.165) is 37.6 Å². The second-order valence-corrected chi connectivity index (χ2v) is 14.1. The van der Waals surface area contributed by atoms with Crippen LogP contribution < -0.4 is 15.2 Å². The first-order chi connectivity index (χ1) is 24.3. The van der Waals surface area contributed by atoms with Crippen LogP contribution in [0.2, 0.25) is 0 Å². The fraction of sp³-hybridized carbons (Fsp3) is 0.429. The molecule has 3 saturated heterocycles. The van der Waals surface area contributed by atoms with Crippen LogP contribution in [0.4, 0.5) is 32.6 Å². The van der Waals surface area contributed by atoms with Gasteiger partial charge in [0.1, 0.15) is 24.0 Å². The molecule has 0 spiro atoms. The SMILES string of the molecule is [C-]#[N+]c1c(N)sc2c(F)ccc(-c3c(C(F)(F)F)cc4c(O[C@@H]5CCN(C(=O)C=C)[C@@H]5C)nc(OC[C@@]56CCCN5C[C@H](OC)C6)nc4c3F)c12. The highest BCUT2D eigenvalue weighted by atomic mass is 32.1. The van der Waals surface area contributed by atoms with E-state index in [1.807, 2.05) is 0 Å². The molecule has 5 heterocycles. The van der Waals surface area contributed by atoms with Crippen LogP contribution in [-0.2, 0) is 15.7 Å². The number of hydrogen-bond acceptors (Lipinski definition) is 9. The quantitative estimate of drug-likeness (QED) is 0.116. The van der Waals surface area contributed by atoms with Crippen molar-refractivity contribution in [3.05, 3.63) is 59.5 Å². The summed E-state index contributed by atoms with van der Waals surface area (Å²) in [5, 5.41) is -0.738. The van der Waals surface area contributed by atoms with E-state index in [-0.39, 0.29) is 62.2 Å². The first kappa shape index (κ1) is 34.8. The fourth-order valence-electron chi connectivity index (χ4n) is 7.78. The summed E-state index contributed by atoms with van der Waals surface area (Å²) in [5.41, 5.74) is 2.02. The van der Waals surface area contributed by atoms with Gasteiger partial charge in [-0.15, -0.1) is 11.3 Å². The topological polar surface area (TPSA) is 107 Å². The van der Waals surface area contributed by atoms with Gasteiger partial charge in [-0.3, -0.25) is 9.69 Å². The molecule has 4 atom stereocenters. The minimum absolute atomic E-state index is 0.0183. The number of likely N-dealkylation sites (tertiary alicyclic amines) is 1. The van der Waals surface area contributed by atoms with E-state index in [4.69, 9.17) is 26.5 Å². The highest BCUT2D eigenvalue weighted by molar-refractivity contribution is 7.23. The number of halogens is 5. The fourth-order valence-corrected chi connectivity index (χ4v) is 8.72. The minimum atomic E-state index is -5.13. The number of thiophene rings is 1. The Morgan fingerprint density at radius 2 is 2.06 bits per heavy atom. The number of nitrogens with zero attached hydrogens (tertiary/aromatic N) is 5. The van der Waals surface area contributed by atoms with Gasteiger partial charge in [0.25, 0.3) is 0 Å². The molecule has 0 bridgehead atoms. The number of alkyl halides is 3. The monoisotopic (exact) mass is 728 g/mol. The summed E-state index contributed by atoms with van der Waals surface area (Å²) in [6.07, 6.45) is -1.98. The number of carbonyl (C=O) groups excluding carboxylic acids is 1. The van der Waals surface area contributed by atoms with Crippen LogP contribution in [0.25, 0.3) is 37.0 Å². The van der Waals surface area contributed by atoms with Crippen molar-refractivity contribution in [2.45, 2.75) is 62.6 Å². The highest BCUT2D eigenvalue weighted by Crippen LogP contribution is 2.51. The molecule has 2 aromatic heterocycles. The van der Waals surface area contributed by atoms with Crippen LogP contribution in [0.1, 0.15) is 38.2 Å². The lowest BCUT2D eigenvalue weighted by Gasteiger charge is -2.31. The molecule has 4 aromatic rings. The summed E-state index contributed by atoms with van der Waals surface area (Å²) >= 11 is 0.688. The molecule has 3 aliphatic rings. The van der Waals surface area contributed by atoms with Crippen molar-refractivity contribution in [1.82, 2.24) is 19.8 Å². The Kier molecular flexibility index (Phi) is 8.79. The Labute approximate surface area is 293 Å². The van der Waals surface area contributed by atoms with Crippen LogP contribution in [0.3, 0.4) is 0 Å². The van der Waals surface area contributed by atoms with Crippen LogP contribution in [-0.4, -0.2) is 82.8 Å². The lowest BCUT2D eigenvalue weighted by molar-refractivity contribution is -0.137. The van der Waals surface area contributed by atoms with Crippen molar-refractivity contribution in [3.8, 4) is 23.0 Å². The average molecular weight is 729 g/mol. The van der Waals surface area contributed by atoms with Crippen LogP contribution >= 0.6 is 11.3 Å². The van der Waals surface area contributed by atoms with E-state index < -0.39 is 52.1 Å². The highest BCUT2D eigenvalue weighted by Gasteiger charge is 2.49. The largest absolute Gasteiger partial charge is 0.471 e. The number of ether oxygens (including phenoxy) is 3. The van der Waals surface area contributed by atoms with Gasteiger partial charge in [0.05, 0.1) is 44.9 Å². The first-order valence-electron chi connectivity index (χ1n) is 16.3. The van der Waals surface area contributed by atoms with Gasteiger partial charge in [0.2, 0.25) is 17.5 Å². The molecule has 1 amide bonds. The molecule has 0 saturated carbocycles. The lowest BCUT2D eigenvalue weighted by atomic mass is 9.93. The number of carbonyl (C=O) groups is 1. The molecule has 16 heteroatoms. The molecule has 51 heavy (non-hydrogen) atoms. The molecule has 268 valence electrons. The number of anilines is 1. The Morgan fingerprint density at radius 1 is 1.27 bits per heavy atom. The number of aromatic nitrogens is 2. The number of methoxy groups -OCH3 is 1. The maximum atomic E-state index is 17.0. The van der Waals surface area contributed by atoms with Crippen LogP contribution in [0.5, 0.6) is 11.9 Å². The van der Waals surface area contributed by atoms with E-state index >= 15 is 4.39 Å². The zero-order valence-electron chi connectivity index (χ0n) is 27.6. The average Bonchev–Trinajstić information content (AvgIpc) is 3.85. The lowest BCUT2D eigenvalue weighted by Crippen LogP contribution is -2.43. The number of nitrogen functional groups attached to an aromatic ring is 1. The van der Waals surface area contributed by atoms with E-state index in [1.165, 1.54) is 4.90 Å². The molecule has 2 N–H and O–H groups in total. The number of nitrogens with two attached hydrogens (primary N) is 1. The molecule has 0 unspecified atom stereocenters. The predicted molar refractivity (Wildman–Crippen MR) is 181 cm³/mol. The van der Waals surface area contributed by atoms with E-state index in [2.05, 4.69) is 26.3 Å². The van der Waals surface area contributed by atoms with E-state index in [1.54, 1.807) is 14.0 Å². The molecule has 7 rings (SSSR count). The van der Waals surface area contributed by atoms with Crippen molar-refractivity contribution in [3.63, 3.8) is 0 Å². The van der Waals surface area contributed by atoms with Gasteiger partial charge in [-0.25, -0.2) is 13.6 Å². The summed E-state index contributed by atoms with van der Waals surface area (Å²) in [6, 6.07) is 1.77. The zero-order chi connectivity index (χ0) is 36.4. The van der Waals surface area contributed by atoms with Gasteiger partial charge in [-0.05, 0) is 56.5 Å². The maximum Gasteiger partial charge on any atom is 0.417 e. The molecule has 10 nitrogen and oxygen atoms in total. The van der Waals surface area contributed by atoms with Gasteiger partial charge in [-0.2, -0.15) is 23.1 Å². The van der Waals surface area contributed by atoms with E-state index in [9.17, 15) is 22.4 Å². The number of benzene rings is 2. The summed E-state index contributed by atoms with van der Waals surface area (Å²) in [5.74, 6) is -2.91. The molecule has 2 aromatic carbocycles. The van der Waals surface area contributed by atoms with Crippen molar-refractivity contribution in [1.29, 1.82) is 0 Å². The van der Waals surface area contributed by atoms with E-state index in [0.29, 0.717) is 43.3 Å². The summed E-state index contributed by atoms with van der Waals surface area (Å²) in [4.78, 5) is 28.3. The second-order valence-electron chi connectivity index (χ2n) is 13.1. The van der Waals surface area contributed by atoms with Gasteiger partial charge in [0, 0.05) is 37.6 Å². The third-order valence-corrected chi connectivity index (χ3v) is 11.4. The Morgan fingerprint density at radius 3 is 2.76 bits per heavy atom. The van der Waals surface area contributed by atoms with Crippen molar-refractivity contribution in [2.24, 2.45) is 0 Å². The third-order valence-electron chi connectivity index (χ3n) is 10.3. The van der Waals surface area contributed by atoms with Gasteiger partial charge >= 0.3 is 12.2 Å². The van der Waals surface area contributed by atoms with Gasteiger partial charge in [0.15, 0.2) is 5.82 Å². The Hall–Kier alpha value is -4.59. The molecule has 3 fully saturated rings. The van der Waals surface area contributed by atoms with Crippen LogP contribution in [0, 0.1) is 18.2 Å². The molecule has 0 aliphatic carbocycles. The first-order valence-corrected chi connectivity index (χ1v) is 17.1. The van der Waals surface area contributed by atoms with Crippen molar-refractivity contribution in [2.75, 3.05) is 39.1 Å². The predicted octanol–water partition coefficient (Wildman–Crippen LogP) is 7.13. The summed E-state index contributed by atoms with van der Waals surface area (Å²) in [6.45, 7) is 14.8. The number of hydrogen-bond donors (Lipinski definition) is 1. The summed E-state index contributed by atoms with van der Waals surface area (Å²) < 4.78 is 94.6. The zero-order valence-corrected chi connectivity index (χ0v) is 28.5. The Balaban J connectivity index is 1.41.